The molecule has 1 N–H and O–H groups in total. The number of anilines is 1. The van der Waals surface area contributed by atoms with E-state index in [0.717, 1.165) is 0 Å². The maximum Gasteiger partial charge on any atom is 0.301 e. The van der Waals surface area contributed by atoms with Crippen molar-refractivity contribution in [3.63, 3.8) is 0 Å². The fraction of sp³-hybridized carbons (Fsp3) is 0.160. The Hall–Kier alpha value is -4.33. The zero-order chi connectivity index (χ0) is 23.5. The molecule has 2 aromatic carbocycles. The maximum absolute atomic E-state index is 13.1. The molecule has 0 aliphatic carbocycles. The van der Waals surface area contributed by atoms with Crippen molar-refractivity contribution in [2.45, 2.75) is 13.0 Å². The van der Waals surface area contributed by atoms with Crippen molar-refractivity contribution in [1.29, 1.82) is 0 Å². The van der Waals surface area contributed by atoms with E-state index in [-0.39, 0.29) is 17.2 Å². The highest BCUT2D eigenvalue weighted by atomic mass is 16.5. The number of hydrogen-bond donors (Lipinski definition) is 1. The first-order valence-electron chi connectivity index (χ1n) is 10.2. The van der Waals surface area contributed by atoms with Crippen LogP contribution >= 0.6 is 0 Å². The third-order valence-electron chi connectivity index (χ3n) is 5.23. The third kappa shape index (κ3) is 4.10. The summed E-state index contributed by atoms with van der Waals surface area (Å²) in [6.07, 6.45) is 1.62. The van der Waals surface area contributed by atoms with Gasteiger partial charge >= 0.3 is 5.91 Å². The summed E-state index contributed by atoms with van der Waals surface area (Å²) in [4.78, 5) is 27.4. The minimum Gasteiger partial charge on any atom is -0.507 e. The van der Waals surface area contributed by atoms with Crippen molar-refractivity contribution >= 4 is 23.3 Å². The number of aliphatic hydroxyl groups is 1. The van der Waals surface area contributed by atoms with Gasteiger partial charge in [0.2, 0.25) is 0 Å². The van der Waals surface area contributed by atoms with Gasteiger partial charge in [-0.05, 0) is 48.9 Å². The topological polar surface area (TPSA) is 102 Å². The van der Waals surface area contributed by atoms with Crippen molar-refractivity contribution in [3.05, 3.63) is 89.7 Å². The van der Waals surface area contributed by atoms with Crippen molar-refractivity contribution in [1.82, 2.24) is 5.16 Å². The van der Waals surface area contributed by atoms with Gasteiger partial charge in [0.05, 0.1) is 18.7 Å². The molecule has 4 rings (SSSR count). The Morgan fingerprint density at radius 3 is 2.39 bits per heavy atom. The monoisotopic (exact) mass is 446 g/mol. The van der Waals surface area contributed by atoms with Crippen molar-refractivity contribution in [2.75, 3.05) is 18.6 Å². The molecule has 0 saturated carbocycles. The van der Waals surface area contributed by atoms with Crippen LogP contribution in [-0.4, -0.2) is 35.7 Å². The fourth-order valence-corrected chi connectivity index (χ4v) is 3.66. The number of ether oxygens (including phenoxy) is 2. The molecule has 3 aromatic rings. The van der Waals surface area contributed by atoms with Crippen LogP contribution in [-0.2, 0) is 9.59 Å². The van der Waals surface area contributed by atoms with Crippen LogP contribution in [0.15, 0.2) is 77.3 Å². The van der Waals surface area contributed by atoms with Crippen LogP contribution in [0.4, 0.5) is 5.82 Å². The number of Topliss-reactive ketones (excluding diaryl/α,β-unsaturated/α-hetero) is 1. The van der Waals surface area contributed by atoms with Gasteiger partial charge in [-0.3, -0.25) is 14.5 Å². The molecule has 8 nitrogen and oxygen atoms in total. The first kappa shape index (κ1) is 21.9. The van der Waals surface area contributed by atoms with Crippen molar-refractivity contribution in [3.8, 4) is 11.5 Å². The summed E-state index contributed by atoms with van der Waals surface area (Å²) in [5, 5.41) is 15.1. The highest BCUT2D eigenvalue weighted by Gasteiger charge is 2.48. The number of methoxy groups -OCH3 is 1. The normalized spacial score (nSPS) is 17.3. The summed E-state index contributed by atoms with van der Waals surface area (Å²) in [6.45, 7) is 5.63. The Labute approximate surface area is 190 Å². The van der Waals surface area contributed by atoms with Crippen molar-refractivity contribution < 1.29 is 28.7 Å². The van der Waals surface area contributed by atoms with Gasteiger partial charge in [0.1, 0.15) is 29.6 Å². The highest BCUT2D eigenvalue weighted by Crippen LogP contribution is 2.42. The highest BCUT2D eigenvalue weighted by molar-refractivity contribution is 6.51. The lowest BCUT2D eigenvalue weighted by Gasteiger charge is -2.23. The van der Waals surface area contributed by atoms with Gasteiger partial charge in [0.25, 0.3) is 5.78 Å². The maximum atomic E-state index is 13.1. The summed E-state index contributed by atoms with van der Waals surface area (Å²) < 4.78 is 15.8. The molecule has 1 amide bonds. The van der Waals surface area contributed by atoms with Gasteiger partial charge in [-0.15, -0.1) is 0 Å². The molecule has 1 saturated heterocycles. The minimum absolute atomic E-state index is 0.0504. The molecular formula is C25H22N2O6. The number of aryl methyl sites for hydroxylation is 1. The van der Waals surface area contributed by atoms with E-state index in [9.17, 15) is 14.7 Å². The van der Waals surface area contributed by atoms with E-state index >= 15 is 0 Å². The standard InChI is InChI=1S/C25H22N2O6/c1-4-13-32-19-11-7-17(8-12-19)23(28)21-22(16-5-9-18(31-3)10-6-16)27(25(30)24(21)29)20-14-15(2)33-26-20/h4-12,14,22,28H,1,13H2,2-3H3/b23-21+. The molecule has 0 radical (unpaired) electrons. The van der Waals surface area contributed by atoms with Crippen molar-refractivity contribution in [2.24, 2.45) is 0 Å². The van der Waals surface area contributed by atoms with E-state index in [1.165, 1.54) is 4.90 Å². The molecule has 1 fully saturated rings. The lowest BCUT2D eigenvalue weighted by Crippen LogP contribution is -2.29. The smallest absolute Gasteiger partial charge is 0.301 e. The van der Waals surface area contributed by atoms with E-state index in [4.69, 9.17) is 14.0 Å². The van der Waals surface area contributed by atoms with Crippen LogP contribution in [0.1, 0.15) is 22.9 Å². The molecular weight excluding hydrogens is 424 g/mol. The summed E-state index contributed by atoms with van der Waals surface area (Å²) in [5.41, 5.74) is 0.919. The van der Waals surface area contributed by atoms with Crippen LogP contribution < -0.4 is 14.4 Å². The lowest BCUT2D eigenvalue weighted by molar-refractivity contribution is -0.132. The Bertz CT molecular complexity index is 1220. The summed E-state index contributed by atoms with van der Waals surface area (Å²) in [6, 6.07) is 14.1. The lowest BCUT2D eigenvalue weighted by atomic mass is 9.95. The zero-order valence-corrected chi connectivity index (χ0v) is 18.1. The predicted octanol–water partition coefficient (Wildman–Crippen LogP) is 4.18. The second-order valence-electron chi connectivity index (χ2n) is 7.36. The predicted molar refractivity (Wildman–Crippen MR) is 121 cm³/mol. The number of aliphatic hydroxyl groups excluding tert-OH is 1. The molecule has 1 aliphatic heterocycles. The number of carbonyl (C=O) groups excluding carboxylic acids is 2. The molecule has 1 aliphatic rings. The third-order valence-corrected chi connectivity index (χ3v) is 5.23. The second kappa shape index (κ2) is 9.04. The molecule has 2 heterocycles. The second-order valence-corrected chi connectivity index (χ2v) is 7.36. The van der Waals surface area contributed by atoms with Gasteiger partial charge < -0.3 is 19.1 Å². The zero-order valence-electron chi connectivity index (χ0n) is 18.1. The molecule has 8 heteroatoms. The first-order valence-corrected chi connectivity index (χ1v) is 10.2. The molecule has 168 valence electrons. The van der Waals surface area contributed by atoms with E-state index in [1.807, 2.05) is 0 Å². The molecule has 0 spiro atoms. The van der Waals surface area contributed by atoms with Gasteiger partial charge in [0.15, 0.2) is 5.82 Å². The molecule has 33 heavy (non-hydrogen) atoms. The Morgan fingerprint density at radius 1 is 1.15 bits per heavy atom. The number of amides is 1. The quantitative estimate of drug-likeness (QED) is 0.251. The minimum atomic E-state index is -0.905. The Morgan fingerprint density at radius 2 is 1.82 bits per heavy atom. The average molecular weight is 446 g/mol. The number of carbonyl (C=O) groups is 2. The van der Waals surface area contributed by atoms with Crippen LogP contribution in [0.25, 0.3) is 5.76 Å². The van der Waals surface area contributed by atoms with Crippen LogP contribution in [0.3, 0.4) is 0 Å². The molecule has 1 aromatic heterocycles. The van der Waals surface area contributed by atoms with Crippen LogP contribution in [0.5, 0.6) is 11.5 Å². The first-order chi connectivity index (χ1) is 15.9. The van der Waals surface area contributed by atoms with Gasteiger partial charge in [-0.2, -0.15) is 0 Å². The van der Waals surface area contributed by atoms with Gasteiger partial charge in [-0.25, -0.2) is 0 Å². The summed E-state index contributed by atoms with van der Waals surface area (Å²) in [5.74, 6) is -0.0670. The molecule has 0 bridgehead atoms. The van der Waals surface area contributed by atoms with Crippen LogP contribution in [0.2, 0.25) is 0 Å². The summed E-state index contributed by atoms with van der Waals surface area (Å²) >= 11 is 0. The number of nitrogens with zero attached hydrogens (tertiary/aromatic N) is 2. The Kier molecular flexibility index (Phi) is 5.99. The van der Waals surface area contributed by atoms with Gasteiger partial charge in [0, 0.05) is 11.6 Å². The molecule has 1 atom stereocenters. The number of aromatic nitrogens is 1. The summed E-state index contributed by atoms with van der Waals surface area (Å²) in [7, 11) is 1.54. The van der Waals surface area contributed by atoms with E-state index < -0.39 is 17.7 Å². The number of hydrogen-bond acceptors (Lipinski definition) is 7. The number of benzene rings is 2. The van der Waals surface area contributed by atoms with Gasteiger partial charge in [-0.1, -0.05) is 29.9 Å². The number of rotatable bonds is 7. The van der Waals surface area contributed by atoms with E-state index in [2.05, 4.69) is 11.7 Å². The van der Waals surface area contributed by atoms with E-state index in [1.54, 1.807) is 74.7 Å². The number of ketones is 1. The average Bonchev–Trinajstić information content (AvgIpc) is 3.38. The van der Waals surface area contributed by atoms with Crippen LogP contribution in [0, 0.1) is 6.92 Å². The largest absolute Gasteiger partial charge is 0.507 e. The van der Waals surface area contributed by atoms with E-state index in [0.29, 0.717) is 35.0 Å². The molecule has 1 unspecified atom stereocenters. The fourth-order valence-electron chi connectivity index (χ4n) is 3.66. The Balaban J connectivity index is 1.83. The SMILES string of the molecule is C=CCOc1ccc(/C(O)=C2\C(=O)C(=O)N(c3cc(C)on3)C2c2ccc(OC)cc2)cc1.